The number of hydrogen-bond acceptors (Lipinski definition) is 5. The third kappa shape index (κ3) is 3.50. The molecule has 116 valence electrons. The molecule has 0 amide bonds. The van der Waals surface area contributed by atoms with Crippen LogP contribution in [0.3, 0.4) is 0 Å². The van der Waals surface area contributed by atoms with Gasteiger partial charge in [0.05, 0.1) is 12.5 Å². The second-order valence-corrected chi connectivity index (χ2v) is 6.88. The van der Waals surface area contributed by atoms with Gasteiger partial charge in [0, 0.05) is 23.0 Å². The number of aliphatic carboxylic acids is 1. The Bertz CT molecular complexity index is 674. The maximum atomic E-state index is 10.6. The average Bonchev–Trinajstić information content (AvgIpc) is 2.91. The van der Waals surface area contributed by atoms with Gasteiger partial charge in [-0.1, -0.05) is 39.8 Å². The molecule has 0 radical (unpaired) electrons. The monoisotopic (exact) mass is 382 g/mol. The predicted octanol–water partition coefficient (Wildman–Crippen LogP) is 2.90. The molecular formula is C14H15BrN4O2S. The van der Waals surface area contributed by atoms with E-state index in [4.69, 9.17) is 5.11 Å². The molecule has 0 fully saturated rings. The van der Waals surface area contributed by atoms with Crippen molar-refractivity contribution in [2.45, 2.75) is 24.7 Å². The highest BCUT2D eigenvalue weighted by Gasteiger charge is 2.22. The number of thioether (sulfide) groups is 1. The molecule has 0 saturated heterocycles. The Balaban J connectivity index is 1.74. The van der Waals surface area contributed by atoms with Crippen molar-refractivity contribution in [2.24, 2.45) is 0 Å². The maximum Gasteiger partial charge on any atom is 0.303 e. The summed E-state index contributed by atoms with van der Waals surface area (Å²) in [7, 11) is 0. The molecule has 3 rings (SSSR count). The summed E-state index contributed by atoms with van der Waals surface area (Å²) < 4.78 is 3.11. The van der Waals surface area contributed by atoms with Gasteiger partial charge in [0.1, 0.15) is 0 Å². The van der Waals surface area contributed by atoms with Crippen LogP contribution in [0.5, 0.6) is 0 Å². The Kier molecular flexibility index (Phi) is 4.80. The fraction of sp³-hybridized carbons (Fsp3) is 0.357. The zero-order valence-corrected chi connectivity index (χ0v) is 14.2. The largest absolute Gasteiger partial charge is 0.481 e. The van der Waals surface area contributed by atoms with Gasteiger partial charge in [0.2, 0.25) is 0 Å². The molecule has 2 heterocycles. The summed E-state index contributed by atoms with van der Waals surface area (Å²) in [4.78, 5) is 12.8. The molecule has 1 aliphatic heterocycles. The first kappa shape index (κ1) is 15.5. The number of carboxylic acid groups (broad SMARTS) is 1. The van der Waals surface area contributed by atoms with Gasteiger partial charge in [0.25, 0.3) is 0 Å². The van der Waals surface area contributed by atoms with Crippen LogP contribution in [0, 0.1) is 0 Å². The second kappa shape index (κ2) is 6.80. The number of benzene rings is 1. The van der Waals surface area contributed by atoms with Gasteiger partial charge in [0.15, 0.2) is 11.0 Å². The van der Waals surface area contributed by atoms with Gasteiger partial charge in [-0.25, -0.2) is 0 Å². The van der Waals surface area contributed by atoms with Gasteiger partial charge in [-0.3, -0.25) is 14.3 Å². The molecule has 0 bridgehead atoms. The number of hydrogen-bond donors (Lipinski definition) is 1. The second-order valence-electron chi connectivity index (χ2n) is 5.05. The van der Waals surface area contributed by atoms with Crippen molar-refractivity contribution in [1.29, 1.82) is 0 Å². The predicted molar refractivity (Wildman–Crippen MR) is 87.5 cm³/mol. The van der Waals surface area contributed by atoms with Crippen LogP contribution in [0.1, 0.15) is 12.8 Å². The van der Waals surface area contributed by atoms with Crippen molar-refractivity contribution in [3.8, 4) is 11.4 Å². The van der Waals surface area contributed by atoms with E-state index in [1.807, 2.05) is 24.3 Å². The minimum Gasteiger partial charge on any atom is -0.481 e. The Morgan fingerprint density at radius 3 is 2.82 bits per heavy atom. The highest BCUT2D eigenvalue weighted by atomic mass is 79.9. The summed E-state index contributed by atoms with van der Waals surface area (Å²) in [5, 5.41) is 18.2. The van der Waals surface area contributed by atoms with E-state index in [-0.39, 0.29) is 6.42 Å². The van der Waals surface area contributed by atoms with Gasteiger partial charge < -0.3 is 5.11 Å². The molecule has 1 aliphatic rings. The van der Waals surface area contributed by atoms with Crippen molar-refractivity contribution in [1.82, 2.24) is 19.7 Å². The Labute approximate surface area is 140 Å². The molecule has 0 aliphatic carbocycles. The fourth-order valence-corrected chi connectivity index (χ4v) is 3.49. The number of carboxylic acids is 1. The van der Waals surface area contributed by atoms with Crippen LogP contribution in [0.2, 0.25) is 0 Å². The van der Waals surface area contributed by atoms with Gasteiger partial charge >= 0.3 is 5.97 Å². The highest BCUT2D eigenvalue weighted by molar-refractivity contribution is 9.10. The standard InChI is InChI=1S/C14H15BrN4O2S/c15-11-5-3-10(4-6-11)13-16-17-14-19(13)8-18(9-22-14)7-1-2-12(20)21/h3-6H,1-2,7-9H2,(H,20,21). The molecule has 22 heavy (non-hydrogen) atoms. The zero-order valence-electron chi connectivity index (χ0n) is 11.8. The molecule has 0 atom stereocenters. The molecule has 8 heteroatoms. The summed E-state index contributed by atoms with van der Waals surface area (Å²) in [5.74, 6) is 0.918. The normalized spacial score (nSPS) is 14.8. The fourth-order valence-electron chi connectivity index (χ4n) is 2.31. The molecule has 0 saturated carbocycles. The number of halogens is 1. The SMILES string of the molecule is O=C(O)CCCN1CSc2nnc(-c3ccc(Br)cc3)n2C1. The average molecular weight is 383 g/mol. The lowest BCUT2D eigenvalue weighted by atomic mass is 10.2. The molecule has 0 unspecified atom stereocenters. The third-order valence-corrected chi connectivity index (χ3v) is 4.99. The Hall–Kier alpha value is -1.38. The molecular weight excluding hydrogens is 368 g/mol. The number of nitrogens with zero attached hydrogens (tertiary/aromatic N) is 4. The molecule has 6 nitrogen and oxygen atoms in total. The summed E-state index contributed by atoms with van der Waals surface area (Å²) in [6, 6.07) is 7.99. The van der Waals surface area contributed by atoms with Crippen molar-refractivity contribution in [2.75, 3.05) is 12.4 Å². The van der Waals surface area contributed by atoms with E-state index in [1.165, 1.54) is 0 Å². The Morgan fingerprint density at radius 1 is 1.32 bits per heavy atom. The van der Waals surface area contributed by atoms with E-state index < -0.39 is 5.97 Å². The van der Waals surface area contributed by atoms with E-state index in [0.717, 1.165) is 33.4 Å². The van der Waals surface area contributed by atoms with Crippen LogP contribution in [-0.4, -0.2) is 43.2 Å². The topological polar surface area (TPSA) is 71.2 Å². The van der Waals surface area contributed by atoms with E-state index >= 15 is 0 Å². The summed E-state index contributed by atoms with van der Waals surface area (Å²) >= 11 is 5.06. The number of carbonyl (C=O) groups is 1. The van der Waals surface area contributed by atoms with Crippen LogP contribution < -0.4 is 0 Å². The molecule has 0 spiro atoms. The lowest BCUT2D eigenvalue weighted by molar-refractivity contribution is -0.137. The first-order chi connectivity index (χ1) is 10.6. The zero-order chi connectivity index (χ0) is 15.5. The van der Waals surface area contributed by atoms with E-state index in [0.29, 0.717) is 13.1 Å². The number of aromatic nitrogens is 3. The van der Waals surface area contributed by atoms with Crippen molar-refractivity contribution < 1.29 is 9.90 Å². The van der Waals surface area contributed by atoms with Crippen molar-refractivity contribution in [3.05, 3.63) is 28.7 Å². The minimum atomic E-state index is -0.745. The lowest BCUT2D eigenvalue weighted by Crippen LogP contribution is -2.31. The molecule has 1 N–H and O–H groups in total. The summed E-state index contributed by atoms with van der Waals surface area (Å²) in [6.45, 7) is 1.46. The van der Waals surface area contributed by atoms with Crippen molar-refractivity contribution >= 4 is 33.7 Å². The highest BCUT2D eigenvalue weighted by Crippen LogP contribution is 2.29. The van der Waals surface area contributed by atoms with E-state index in [1.54, 1.807) is 11.8 Å². The number of rotatable bonds is 5. The van der Waals surface area contributed by atoms with Gasteiger partial charge in [-0.15, -0.1) is 10.2 Å². The Morgan fingerprint density at radius 2 is 2.09 bits per heavy atom. The molecule has 1 aromatic carbocycles. The molecule has 1 aromatic heterocycles. The summed E-state index contributed by atoms with van der Waals surface area (Å²) in [6.07, 6.45) is 0.858. The first-order valence-corrected chi connectivity index (χ1v) is 8.67. The van der Waals surface area contributed by atoms with Crippen LogP contribution in [0.4, 0.5) is 0 Å². The van der Waals surface area contributed by atoms with Crippen LogP contribution >= 0.6 is 27.7 Å². The van der Waals surface area contributed by atoms with Crippen molar-refractivity contribution in [3.63, 3.8) is 0 Å². The smallest absolute Gasteiger partial charge is 0.303 e. The summed E-state index contributed by atoms with van der Waals surface area (Å²) in [5.41, 5.74) is 1.02. The first-order valence-electron chi connectivity index (χ1n) is 6.89. The van der Waals surface area contributed by atoms with Crippen LogP contribution in [-0.2, 0) is 11.5 Å². The van der Waals surface area contributed by atoms with Crippen LogP contribution in [0.15, 0.2) is 33.9 Å². The third-order valence-electron chi connectivity index (χ3n) is 3.40. The minimum absolute atomic E-state index is 0.204. The molecule has 2 aromatic rings. The van der Waals surface area contributed by atoms with Crippen LogP contribution in [0.25, 0.3) is 11.4 Å². The van der Waals surface area contributed by atoms with E-state index in [9.17, 15) is 4.79 Å². The van der Waals surface area contributed by atoms with Gasteiger partial charge in [-0.2, -0.15) is 0 Å². The maximum absolute atomic E-state index is 10.6. The number of fused-ring (bicyclic) bond motifs is 1. The van der Waals surface area contributed by atoms with E-state index in [2.05, 4.69) is 35.6 Å². The quantitative estimate of drug-likeness (QED) is 0.856. The van der Waals surface area contributed by atoms with Gasteiger partial charge in [-0.05, 0) is 18.6 Å². The lowest BCUT2D eigenvalue weighted by Gasteiger charge is -2.27.